The highest BCUT2D eigenvalue weighted by molar-refractivity contribution is 5.79. The maximum Gasteiger partial charge on any atom is 0.225 e. The molecule has 2 fully saturated rings. The molecule has 7 nitrogen and oxygen atoms in total. The Balaban J connectivity index is 1.04. The third-order valence-corrected chi connectivity index (χ3v) is 7.81. The number of rotatable bonds is 6. The van der Waals surface area contributed by atoms with Gasteiger partial charge in [-0.3, -0.25) is 9.69 Å². The molecule has 0 spiro atoms. The molecule has 1 amide bonds. The largest absolute Gasteiger partial charge is 0.463 e. The minimum atomic E-state index is 0.0761. The van der Waals surface area contributed by atoms with Crippen molar-refractivity contribution in [2.24, 2.45) is 5.92 Å². The number of carbonyl (C=O) groups is 1. The van der Waals surface area contributed by atoms with Gasteiger partial charge in [0.05, 0.1) is 12.3 Å². The van der Waals surface area contributed by atoms with E-state index in [0.717, 1.165) is 63.6 Å². The number of piperazine rings is 1. The average Bonchev–Trinajstić information content (AvgIpc) is 3.54. The van der Waals surface area contributed by atoms with Crippen LogP contribution in [-0.4, -0.2) is 65.2 Å². The number of piperidine rings is 1. The molecule has 4 aromatic rings. The summed E-state index contributed by atoms with van der Waals surface area (Å²) in [6.45, 7) is 4.92. The monoisotopic (exact) mass is 507 g/mol. The zero-order valence-corrected chi connectivity index (χ0v) is 21.5. The predicted molar refractivity (Wildman–Crippen MR) is 148 cm³/mol. The standard InChI is InChI=1S/C31H33N5O2/c37-31(26-15-17-34(18-16-26)29-14-13-27(32-33-29)28-12-7-23-38-28)36-21-19-35(20-22-36)30(24-8-3-1-4-9-24)25-10-5-2-6-11-25/h1-14,23,26,30H,15-22H2. The molecule has 38 heavy (non-hydrogen) atoms. The molecule has 2 aromatic heterocycles. The molecule has 0 N–H and O–H groups in total. The lowest BCUT2D eigenvalue weighted by atomic mass is 9.94. The van der Waals surface area contributed by atoms with Crippen molar-refractivity contribution in [2.75, 3.05) is 44.2 Å². The summed E-state index contributed by atoms with van der Waals surface area (Å²) < 4.78 is 5.41. The maximum absolute atomic E-state index is 13.4. The van der Waals surface area contributed by atoms with Crippen molar-refractivity contribution in [3.63, 3.8) is 0 Å². The molecule has 0 bridgehead atoms. The van der Waals surface area contributed by atoms with Gasteiger partial charge in [-0.2, -0.15) is 0 Å². The van der Waals surface area contributed by atoms with E-state index in [4.69, 9.17) is 4.42 Å². The van der Waals surface area contributed by atoms with Gasteiger partial charge >= 0.3 is 0 Å². The summed E-state index contributed by atoms with van der Waals surface area (Å²) >= 11 is 0. The Hall–Kier alpha value is -3.97. The van der Waals surface area contributed by atoms with Crippen LogP contribution in [0.1, 0.15) is 30.0 Å². The first-order valence-electron chi connectivity index (χ1n) is 13.5. The van der Waals surface area contributed by atoms with Crippen LogP contribution in [0.2, 0.25) is 0 Å². The number of aromatic nitrogens is 2. The summed E-state index contributed by atoms with van der Waals surface area (Å²) in [5.41, 5.74) is 3.32. The average molecular weight is 508 g/mol. The summed E-state index contributed by atoms with van der Waals surface area (Å²) in [5, 5.41) is 8.73. The quantitative estimate of drug-likeness (QED) is 0.370. The molecule has 2 aliphatic heterocycles. The van der Waals surface area contributed by atoms with Crippen LogP contribution in [0.5, 0.6) is 0 Å². The second-order valence-electron chi connectivity index (χ2n) is 10.1. The van der Waals surface area contributed by atoms with E-state index in [2.05, 4.69) is 85.6 Å². The van der Waals surface area contributed by atoms with Crippen molar-refractivity contribution in [1.29, 1.82) is 0 Å². The molecule has 7 heteroatoms. The summed E-state index contributed by atoms with van der Waals surface area (Å²) in [5.74, 6) is 1.95. The lowest BCUT2D eigenvalue weighted by molar-refractivity contribution is -0.138. The molecule has 2 aliphatic rings. The van der Waals surface area contributed by atoms with Crippen LogP contribution >= 0.6 is 0 Å². The fourth-order valence-corrected chi connectivity index (χ4v) is 5.75. The van der Waals surface area contributed by atoms with Gasteiger partial charge in [0, 0.05) is 45.2 Å². The van der Waals surface area contributed by atoms with Crippen molar-refractivity contribution >= 4 is 11.7 Å². The highest BCUT2D eigenvalue weighted by Crippen LogP contribution is 2.30. The van der Waals surface area contributed by atoms with Gasteiger partial charge in [0.2, 0.25) is 5.91 Å². The Morgan fingerprint density at radius 3 is 1.95 bits per heavy atom. The number of hydrogen-bond donors (Lipinski definition) is 0. The Morgan fingerprint density at radius 1 is 0.737 bits per heavy atom. The number of furan rings is 1. The van der Waals surface area contributed by atoms with Crippen LogP contribution in [0.25, 0.3) is 11.5 Å². The van der Waals surface area contributed by atoms with Crippen molar-refractivity contribution in [3.05, 3.63) is 102 Å². The number of anilines is 1. The Bertz CT molecular complexity index is 1260. The van der Waals surface area contributed by atoms with E-state index in [9.17, 15) is 4.79 Å². The topological polar surface area (TPSA) is 65.7 Å². The SMILES string of the molecule is O=C(C1CCN(c2ccc(-c3ccco3)nn2)CC1)N1CCN(C(c2ccccc2)c2ccccc2)CC1. The molecule has 0 unspecified atom stereocenters. The predicted octanol–water partition coefficient (Wildman–Crippen LogP) is 4.89. The fraction of sp³-hybridized carbons (Fsp3) is 0.323. The maximum atomic E-state index is 13.4. The first-order valence-corrected chi connectivity index (χ1v) is 13.5. The van der Waals surface area contributed by atoms with Gasteiger partial charge in [0.1, 0.15) is 5.69 Å². The first kappa shape index (κ1) is 24.4. The lowest BCUT2D eigenvalue weighted by Crippen LogP contribution is -2.52. The number of carbonyl (C=O) groups excluding carboxylic acids is 1. The third kappa shape index (κ3) is 5.20. The summed E-state index contributed by atoms with van der Waals surface area (Å²) in [6.07, 6.45) is 3.33. The molecular weight excluding hydrogens is 474 g/mol. The van der Waals surface area contributed by atoms with Crippen LogP contribution in [-0.2, 0) is 4.79 Å². The molecule has 2 aromatic carbocycles. The van der Waals surface area contributed by atoms with Crippen molar-refractivity contribution in [3.8, 4) is 11.5 Å². The summed E-state index contributed by atoms with van der Waals surface area (Å²) in [6, 6.07) is 29.2. The van der Waals surface area contributed by atoms with Crippen molar-refractivity contribution in [2.45, 2.75) is 18.9 Å². The van der Waals surface area contributed by atoms with Crippen LogP contribution in [0.3, 0.4) is 0 Å². The Labute approximate surface area is 223 Å². The van der Waals surface area contributed by atoms with Crippen LogP contribution < -0.4 is 4.90 Å². The molecule has 194 valence electrons. The van der Waals surface area contributed by atoms with E-state index >= 15 is 0 Å². The minimum absolute atomic E-state index is 0.0761. The number of nitrogens with zero attached hydrogens (tertiary/aromatic N) is 5. The first-order chi connectivity index (χ1) is 18.8. The van der Waals surface area contributed by atoms with Gasteiger partial charge in [-0.15, -0.1) is 10.2 Å². The van der Waals surface area contributed by atoms with Gasteiger partial charge < -0.3 is 14.2 Å². The number of amides is 1. The smallest absolute Gasteiger partial charge is 0.225 e. The molecule has 0 radical (unpaired) electrons. The van der Waals surface area contributed by atoms with E-state index in [1.54, 1.807) is 6.26 Å². The van der Waals surface area contributed by atoms with Crippen LogP contribution in [0.15, 0.2) is 95.6 Å². The molecule has 0 atom stereocenters. The molecule has 2 saturated heterocycles. The molecule has 6 rings (SSSR count). The number of hydrogen-bond acceptors (Lipinski definition) is 6. The van der Waals surface area contributed by atoms with Gasteiger partial charge in [-0.1, -0.05) is 60.7 Å². The Morgan fingerprint density at radius 2 is 1.39 bits per heavy atom. The third-order valence-electron chi connectivity index (χ3n) is 7.81. The van der Waals surface area contributed by atoms with E-state index in [1.165, 1.54) is 11.1 Å². The second-order valence-corrected chi connectivity index (χ2v) is 10.1. The fourth-order valence-electron chi connectivity index (χ4n) is 5.75. The number of benzene rings is 2. The zero-order valence-electron chi connectivity index (χ0n) is 21.5. The molecular formula is C31H33N5O2. The molecule has 0 aliphatic carbocycles. The normalized spacial score (nSPS) is 17.2. The summed E-state index contributed by atoms with van der Waals surface area (Å²) in [7, 11) is 0. The zero-order chi connectivity index (χ0) is 25.7. The highest BCUT2D eigenvalue weighted by Gasteiger charge is 2.33. The van der Waals surface area contributed by atoms with Crippen molar-refractivity contribution in [1.82, 2.24) is 20.0 Å². The van der Waals surface area contributed by atoms with Crippen molar-refractivity contribution < 1.29 is 9.21 Å². The lowest BCUT2D eigenvalue weighted by Gasteiger charge is -2.41. The highest BCUT2D eigenvalue weighted by atomic mass is 16.3. The van der Waals surface area contributed by atoms with Gasteiger partial charge in [0.25, 0.3) is 0 Å². The van der Waals surface area contributed by atoms with E-state index in [0.29, 0.717) is 11.7 Å². The van der Waals surface area contributed by atoms with Crippen LogP contribution in [0, 0.1) is 5.92 Å². The van der Waals surface area contributed by atoms with E-state index in [-0.39, 0.29) is 12.0 Å². The second kappa shape index (κ2) is 11.2. The Kier molecular flexibility index (Phi) is 7.18. The van der Waals surface area contributed by atoms with E-state index in [1.807, 2.05) is 24.3 Å². The van der Waals surface area contributed by atoms with E-state index < -0.39 is 0 Å². The van der Waals surface area contributed by atoms with Gasteiger partial charge in [-0.25, -0.2) is 0 Å². The minimum Gasteiger partial charge on any atom is -0.463 e. The van der Waals surface area contributed by atoms with Gasteiger partial charge in [-0.05, 0) is 48.2 Å². The van der Waals surface area contributed by atoms with Crippen LogP contribution in [0.4, 0.5) is 5.82 Å². The molecule has 0 saturated carbocycles. The summed E-state index contributed by atoms with van der Waals surface area (Å²) in [4.78, 5) is 20.3. The molecule has 4 heterocycles. The van der Waals surface area contributed by atoms with Gasteiger partial charge in [0.15, 0.2) is 11.6 Å².